The highest BCUT2D eigenvalue weighted by atomic mass is 16.6. The van der Waals surface area contributed by atoms with Crippen LogP contribution in [-0.4, -0.2) is 49.9 Å². The third-order valence-electron chi connectivity index (χ3n) is 1.82. The van der Waals surface area contributed by atoms with Gasteiger partial charge in [-0.3, -0.25) is 0 Å². The van der Waals surface area contributed by atoms with Crippen molar-refractivity contribution in [3.63, 3.8) is 0 Å². The molecule has 1 unspecified atom stereocenters. The van der Waals surface area contributed by atoms with E-state index < -0.39 is 0 Å². The highest BCUT2D eigenvalue weighted by molar-refractivity contribution is 4.60. The van der Waals surface area contributed by atoms with Crippen LogP contribution in [0.2, 0.25) is 0 Å². The predicted molar refractivity (Wildman–Crippen MR) is 49.6 cm³/mol. The first-order valence-electron chi connectivity index (χ1n) is 4.68. The molecule has 1 saturated heterocycles. The molecule has 13 heavy (non-hydrogen) atoms. The summed E-state index contributed by atoms with van der Waals surface area (Å²) >= 11 is 0. The van der Waals surface area contributed by atoms with Crippen molar-refractivity contribution in [2.75, 3.05) is 33.5 Å². The molecule has 4 heteroatoms. The average Bonchev–Trinajstić information content (AvgIpc) is 2.23. The van der Waals surface area contributed by atoms with Crippen LogP contribution in [0.4, 0.5) is 0 Å². The molecule has 4 nitrogen and oxygen atoms in total. The maximum absolute atomic E-state index is 8.52. The fraction of sp³-hybridized carbons (Fsp3) is 1.00. The van der Waals surface area contributed by atoms with Crippen molar-refractivity contribution >= 4 is 0 Å². The molecular weight excluding hydrogens is 172 g/mol. The minimum Gasteiger partial charge on any atom is -0.400 e. The first-order valence-corrected chi connectivity index (χ1v) is 4.68. The van der Waals surface area contributed by atoms with Crippen molar-refractivity contribution in [1.29, 1.82) is 0 Å². The van der Waals surface area contributed by atoms with Crippen molar-refractivity contribution in [3.8, 4) is 0 Å². The van der Waals surface area contributed by atoms with Crippen LogP contribution >= 0.6 is 0 Å². The largest absolute Gasteiger partial charge is 0.400 e. The van der Waals surface area contributed by atoms with Gasteiger partial charge in [-0.25, -0.2) is 0 Å². The monoisotopic (exact) mass is 192 g/mol. The van der Waals surface area contributed by atoms with E-state index in [0.29, 0.717) is 0 Å². The first kappa shape index (κ1) is 12.8. The van der Waals surface area contributed by atoms with E-state index in [0.717, 1.165) is 46.2 Å². The fourth-order valence-electron chi connectivity index (χ4n) is 1.19. The van der Waals surface area contributed by atoms with Crippen LogP contribution in [0.25, 0.3) is 0 Å². The van der Waals surface area contributed by atoms with E-state index >= 15 is 0 Å². The summed E-state index contributed by atoms with van der Waals surface area (Å²) < 4.78 is 10.6. The van der Waals surface area contributed by atoms with Crippen LogP contribution in [0.1, 0.15) is 19.3 Å². The smallest absolute Gasteiger partial charge is 0.0809 e. The van der Waals surface area contributed by atoms with Crippen LogP contribution in [-0.2, 0) is 9.47 Å². The molecule has 80 valence electrons. The molecule has 0 amide bonds. The summed E-state index contributed by atoms with van der Waals surface area (Å²) in [5.74, 6) is 0. The number of aliphatic hydroxyl groups is 2. The van der Waals surface area contributed by atoms with Gasteiger partial charge in [0.05, 0.1) is 25.9 Å². The third-order valence-corrected chi connectivity index (χ3v) is 1.82. The van der Waals surface area contributed by atoms with Crippen molar-refractivity contribution < 1.29 is 19.7 Å². The molecular formula is C9H20O4. The zero-order chi connectivity index (χ0) is 9.94. The maximum Gasteiger partial charge on any atom is 0.0809 e. The summed E-state index contributed by atoms with van der Waals surface area (Å²) in [6.45, 7) is 2.47. The highest BCUT2D eigenvalue weighted by Gasteiger charge is 2.12. The van der Waals surface area contributed by atoms with Gasteiger partial charge < -0.3 is 19.7 Å². The van der Waals surface area contributed by atoms with E-state index in [1.54, 1.807) is 0 Å². The van der Waals surface area contributed by atoms with E-state index in [1.807, 2.05) is 0 Å². The van der Waals surface area contributed by atoms with Crippen LogP contribution in [0.15, 0.2) is 0 Å². The van der Waals surface area contributed by atoms with Gasteiger partial charge in [0.2, 0.25) is 0 Å². The Bertz CT molecular complexity index is 91.6. The minimum atomic E-state index is 0.273. The van der Waals surface area contributed by atoms with Crippen LogP contribution < -0.4 is 0 Å². The molecule has 0 aromatic carbocycles. The Morgan fingerprint density at radius 2 is 2.00 bits per heavy atom. The Kier molecular flexibility index (Phi) is 9.80. The van der Waals surface area contributed by atoms with Gasteiger partial charge in [0.15, 0.2) is 0 Å². The lowest BCUT2D eigenvalue weighted by Gasteiger charge is -2.22. The van der Waals surface area contributed by atoms with Gasteiger partial charge >= 0.3 is 0 Å². The van der Waals surface area contributed by atoms with Gasteiger partial charge in [-0.05, 0) is 19.3 Å². The predicted octanol–water partition coefficient (Wildman–Crippen LogP) is 0.173. The van der Waals surface area contributed by atoms with Crippen LogP contribution in [0.3, 0.4) is 0 Å². The second kappa shape index (κ2) is 9.92. The second-order valence-corrected chi connectivity index (χ2v) is 2.79. The Morgan fingerprint density at radius 3 is 2.54 bits per heavy atom. The Hall–Kier alpha value is -0.160. The van der Waals surface area contributed by atoms with E-state index in [4.69, 9.17) is 19.7 Å². The highest BCUT2D eigenvalue weighted by Crippen LogP contribution is 2.08. The van der Waals surface area contributed by atoms with Crippen LogP contribution in [0, 0.1) is 0 Å². The van der Waals surface area contributed by atoms with E-state index in [-0.39, 0.29) is 12.7 Å². The number of unbranched alkanes of at least 4 members (excludes halogenated alkanes) is 1. The molecule has 1 aliphatic heterocycles. The molecule has 0 aliphatic carbocycles. The Labute approximate surface area is 79.5 Å². The number of hydrogen-bond donors (Lipinski definition) is 2. The van der Waals surface area contributed by atoms with E-state index in [9.17, 15) is 0 Å². The number of hydrogen-bond acceptors (Lipinski definition) is 4. The minimum absolute atomic E-state index is 0.273. The van der Waals surface area contributed by atoms with Gasteiger partial charge in [-0.2, -0.15) is 0 Å². The normalized spacial score (nSPS) is 21.9. The van der Waals surface area contributed by atoms with Gasteiger partial charge in [-0.1, -0.05) is 0 Å². The lowest BCUT2D eigenvalue weighted by molar-refractivity contribution is -0.0913. The van der Waals surface area contributed by atoms with Gasteiger partial charge in [-0.15, -0.1) is 0 Å². The molecule has 0 aromatic rings. The van der Waals surface area contributed by atoms with Crippen molar-refractivity contribution in [1.82, 2.24) is 0 Å². The van der Waals surface area contributed by atoms with Crippen molar-refractivity contribution in [2.45, 2.75) is 25.4 Å². The van der Waals surface area contributed by atoms with Crippen molar-refractivity contribution in [2.24, 2.45) is 0 Å². The number of aliphatic hydroxyl groups excluding tert-OH is 2. The summed E-state index contributed by atoms with van der Waals surface area (Å²) in [4.78, 5) is 0. The quantitative estimate of drug-likeness (QED) is 0.623. The van der Waals surface area contributed by atoms with Gasteiger partial charge in [0.1, 0.15) is 0 Å². The number of ether oxygens (including phenoxy) is 2. The number of rotatable bonds is 4. The topological polar surface area (TPSA) is 58.9 Å². The van der Waals surface area contributed by atoms with Gasteiger partial charge in [0, 0.05) is 13.7 Å². The molecule has 1 fully saturated rings. The average molecular weight is 192 g/mol. The standard InChI is InChI=1S/C8H16O3.CH4O/c9-4-2-1-3-8-7-10-5-6-11-8;1-2/h8-9H,1-7H2;2H,1H3. The summed E-state index contributed by atoms with van der Waals surface area (Å²) in [5.41, 5.74) is 0. The SMILES string of the molecule is CO.OCCCCC1COCCO1. The summed E-state index contributed by atoms with van der Waals surface area (Å²) in [5, 5.41) is 15.5. The third kappa shape index (κ3) is 6.95. The Morgan fingerprint density at radius 1 is 1.23 bits per heavy atom. The second-order valence-electron chi connectivity index (χ2n) is 2.79. The molecule has 0 aromatic heterocycles. The van der Waals surface area contributed by atoms with Gasteiger partial charge in [0.25, 0.3) is 0 Å². The summed E-state index contributed by atoms with van der Waals surface area (Å²) in [7, 11) is 1.00. The lowest BCUT2D eigenvalue weighted by atomic mass is 10.1. The van der Waals surface area contributed by atoms with E-state index in [1.165, 1.54) is 0 Å². The van der Waals surface area contributed by atoms with Crippen molar-refractivity contribution in [3.05, 3.63) is 0 Å². The zero-order valence-corrected chi connectivity index (χ0v) is 8.24. The maximum atomic E-state index is 8.52. The summed E-state index contributed by atoms with van der Waals surface area (Å²) in [6, 6.07) is 0. The molecule has 1 rings (SSSR count). The molecule has 0 spiro atoms. The molecule has 1 heterocycles. The molecule has 1 aliphatic rings. The zero-order valence-electron chi connectivity index (χ0n) is 8.24. The lowest BCUT2D eigenvalue weighted by Crippen LogP contribution is -2.28. The molecule has 0 saturated carbocycles. The fourth-order valence-corrected chi connectivity index (χ4v) is 1.19. The molecule has 1 atom stereocenters. The molecule has 2 N–H and O–H groups in total. The molecule has 0 bridgehead atoms. The Balaban J connectivity index is 0.000000671. The van der Waals surface area contributed by atoms with Crippen LogP contribution in [0.5, 0.6) is 0 Å². The first-order chi connectivity index (χ1) is 6.43. The van der Waals surface area contributed by atoms with E-state index in [2.05, 4.69) is 0 Å². The molecule has 0 radical (unpaired) electrons. The summed E-state index contributed by atoms with van der Waals surface area (Å²) in [6.07, 6.45) is 3.19.